The fourth-order valence-corrected chi connectivity index (χ4v) is 4.80. The molecule has 27 heavy (non-hydrogen) atoms. The van der Waals surface area contributed by atoms with Crippen molar-refractivity contribution in [2.24, 2.45) is 7.05 Å². The molecule has 3 rings (SSSR count). The molecule has 9 nitrogen and oxygen atoms in total. The van der Waals surface area contributed by atoms with Gasteiger partial charge in [0.1, 0.15) is 21.3 Å². The van der Waals surface area contributed by atoms with Gasteiger partial charge in [-0.3, -0.25) is 4.79 Å². The molecule has 146 valence electrons. The summed E-state index contributed by atoms with van der Waals surface area (Å²) in [6, 6.07) is 2.97. The molecular formula is C15H16Cl2N4O5S. The van der Waals surface area contributed by atoms with Gasteiger partial charge in [0.05, 0.1) is 24.8 Å². The Morgan fingerprint density at radius 2 is 2.15 bits per heavy atom. The minimum absolute atomic E-state index is 0.0450. The highest BCUT2D eigenvalue weighted by Crippen LogP contribution is 2.30. The van der Waals surface area contributed by atoms with Crippen LogP contribution >= 0.6 is 23.2 Å². The number of carbonyl (C=O) groups is 1. The lowest BCUT2D eigenvalue weighted by Gasteiger charge is -2.39. The molecular weight excluding hydrogens is 419 g/mol. The third-order valence-electron chi connectivity index (χ3n) is 3.99. The van der Waals surface area contributed by atoms with E-state index in [1.54, 1.807) is 0 Å². The fourth-order valence-electron chi connectivity index (χ4n) is 2.56. The number of carbonyl (C=O) groups excluding carboxylic acids is 1. The zero-order valence-corrected chi connectivity index (χ0v) is 16.4. The van der Waals surface area contributed by atoms with Crippen LogP contribution in [0, 0.1) is 0 Å². The van der Waals surface area contributed by atoms with Crippen LogP contribution < -0.4 is 10.0 Å². The summed E-state index contributed by atoms with van der Waals surface area (Å²) in [6.45, 7) is -0.334. The molecule has 0 bridgehead atoms. The van der Waals surface area contributed by atoms with E-state index in [0.29, 0.717) is 5.69 Å². The molecule has 0 spiro atoms. The Labute approximate surface area is 165 Å². The van der Waals surface area contributed by atoms with Crippen LogP contribution in [-0.4, -0.2) is 54.3 Å². The Balaban J connectivity index is 1.89. The molecule has 1 aliphatic rings. The first-order chi connectivity index (χ1) is 12.7. The number of aliphatic hydroxyl groups is 1. The standard InChI is InChI=1S/C15H16Cl2N4O5S/c1-21-5-10(27(24,25)20-15(6-22)7-26-8-15)12(17)13(21)14(23)19-9-2-3-18-11(16)4-9/h2-5,20,22H,6-8H2,1H3,(H,18,19,23). The van der Waals surface area contributed by atoms with Gasteiger partial charge in [0, 0.05) is 25.1 Å². The number of halogens is 2. The van der Waals surface area contributed by atoms with E-state index in [1.165, 1.54) is 36.1 Å². The quantitative estimate of drug-likeness (QED) is 0.583. The van der Waals surface area contributed by atoms with Crippen LogP contribution in [0.3, 0.4) is 0 Å². The predicted molar refractivity (Wildman–Crippen MR) is 98.6 cm³/mol. The molecule has 2 aromatic heterocycles. The number of hydrogen-bond donors (Lipinski definition) is 3. The Kier molecular flexibility index (Phi) is 5.48. The van der Waals surface area contributed by atoms with E-state index in [2.05, 4.69) is 15.0 Å². The number of anilines is 1. The third kappa shape index (κ3) is 3.96. The molecule has 12 heteroatoms. The summed E-state index contributed by atoms with van der Waals surface area (Å²) < 4.78 is 34.0. The number of aryl methyl sites for hydroxylation is 1. The van der Waals surface area contributed by atoms with E-state index >= 15 is 0 Å². The van der Waals surface area contributed by atoms with E-state index in [4.69, 9.17) is 27.9 Å². The summed E-state index contributed by atoms with van der Waals surface area (Å²) in [7, 11) is -2.60. The lowest BCUT2D eigenvalue weighted by atomic mass is 10.0. The number of nitrogens with zero attached hydrogens (tertiary/aromatic N) is 2. The Morgan fingerprint density at radius 1 is 1.44 bits per heavy atom. The number of rotatable bonds is 6. The lowest BCUT2D eigenvalue weighted by Crippen LogP contribution is -2.64. The van der Waals surface area contributed by atoms with Crippen molar-refractivity contribution in [1.29, 1.82) is 0 Å². The van der Waals surface area contributed by atoms with Gasteiger partial charge in [-0.2, -0.15) is 4.72 Å². The Morgan fingerprint density at radius 3 is 2.70 bits per heavy atom. The first kappa shape index (κ1) is 20.1. The summed E-state index contributed by atoms with van der Waals surface area (Å²) >= 11 is 12.0. The van der Waals surface area contributed by atoms with Gasteiger partial charge in [-0.15, -0.1) is 0 Å². The molecule has 1 saturated heterocycles. The zero-order valence-electron chi connectivity index (χ0n) is 14.1. The van der Waals surface area contributed by atoms with Gasteiger partial charge in [0.25, 0.3) is 5.91 Å². The minimum atomic E-state index is -4.09. The van der Waals surface area contributed by atoms with E-state index in [-0.39, 0.29) is 34.0 Å². The van der Waals surface area contributed by atoms with Crippen molar-refractivity contribution in [3.63, 3.8) is 0 Å². The molecule has 2 aromatic rings. The Hall–Kier alpha value is -1.69. The average molecular weight is 435 g/mol. The smallest absolute Gasteiger partial charge is 0.273 e. The number of amides is 1. The van der Waals surface area contributed by atoms with Crippen LogP contribution in [0.25, 0.3) is 0 Å². The first-order valence-corrected chi connectivity index (χ1v) is 9.92. The largest absolute Gasteiger partial charge is 0.394 e. The summed E-state index contributed by atoms with van der Waals surface area (Å²) in [4.78, 5) is 16.1. The number of aromatic nitrogens is 2. The average Bonchev–Trinajstić information content (AvgIpc) is 2.86. The van der Waals surface area contributed by atoms with Crippen molar-refractivity contribution in [2.45, 2.75) is 10.4 Å². The van der Waals surface area contributed by atoms with E-state index in [1.807, 2.05) is 0 Å². The minimum Gasteiger partial charge on any atom is -0.394 e. The van der Waals surface area contributed by atoms with Crippen molar-refractivity contribution < 1.29 is 23.1 Å². The van der Waals surface area contributed by atoms with Crippen molar-refractivity contribution in [3.8, 4) is 0 Å². The predicted octanol–water partition coefficient (Wildman–Crippen LogP) is 1.02. The highest BCUT2D eigenvalue weighted by Gasteiger charge is 2.43. The second kappa shape index (κ2) is 7.38. The van der Waals surface area contributed by atoms with Crippen molar-refractivity contribution >= 4 is 44.8 Å². The third-order valence-corrected chi connectivity index (χ3v) is 6.28. The SMILES string of the molecule is Cn1cc(S(=O)(=O)NC2(CO)COC2)c(Cl)c1C(=O)Nc1ccnc(Cl)c1. The van der Waals surface area contributed by atoms with Gasteiger partial charge in [-0.1, -0.05) is 23.2 Å². The highest BCUT2D eigenvalue weighted by molar-refractivity contribution is 7.89. The number of aliphatic hydroxyl groups excluding tert-OH is 1. The monoisotopic (exact) mass is 434 g/mol. The van der Waals surface area contributed by atoms with Gasteiger partial charge < -0.3 is 19.7 Å². The molecule has 0 aliphatic carbocycles. The van der Waals surface area contributed by atoms with Gasteiger partial charge >= 0.3 is 0 Å². The summed E-state index contributed by atoms with van der Waals surface area (Å²) in [5.74, 6) is -0.616. The van der Waals surface area contributed by atoms with Crippen LogP contribution in [0.2, 0.25) is 10.2 Å². The molecule has 0 unspecified atom stereocenters. The topological polar surface area (TPSA) is 123 Å². The molecule has 3 N–H and O–H groups in total. The number of hydrogen-bond acceptors (Lipinski definition) is 6. The van der Waals surface area contributed by atoms with Crippen LogP contribution in [0.1, 0.15) is 10.5 Å². The van der Waals surface area contributed by atoms with Crippen molar-refractivity contribution in [3.05, 3.63) is 40.4 Å². The van der Waals surface area contributed by atoms with E-state index in [0.717, 1.165) is 0 Å². The van der Waals surface area contributed by atoms with E-state index < -0.39 is 28.1 Å². The van der Waals surface area contributed by atoms with Crippen LogP contribution in [-0.2, 0) is 21.8 Å². The fraction of sp³-hybridized carbons (Fsp3) is 0.333. The van der Waals surface area contributed by atoms with Crippen molar-refractivity contribution in [1.82, 2.24) is 14.3 Å². The van der Waals surface area contributed by atoms with Crippen molar-refractivity contribution in [2.75, 3.05) is 25.1 Å². The normalized spacial score (nSPS) is 16.0. The molecule has 3 heterocycles. The van der Waals surface area contributed by atoms with Gasteiger partial charge in [-0.25, -0.2) is 13.4 Å². The molecule has 0 aromatic carbocycles. The van der Waals surface area contributed by atoms with Crippen LogP contribution in [0.5, 0.6) is 0 Å². The second-order valence-electron chi connectivity index (χ2n) is 6.12. The molecule has 1 fully saturated rings. The number of ether oxygens (including phenoxy) is 1. The van der Waals surface area contributed by atoms with Gasteiger partial charge in [0.2, 0.25) is 10.0 Å². The summed E-state index contributed by atoms with van der Waals surface area (Å²) in [5, 5.41) is 12.0. The van der Waals surface area contributed by atoms with Gasteiger partial charge in [0.15, 0.2) is 0 Å². The second-order valence-corrected chi connectivity index (χ2v) is 8.54. The van der Waals surface area contributed by atoms with E-state index in [9.17, 15) is 18.3 Å². The maximum atomic E-state index is 12.7. The summed E-state index contributed by atoms with van der Waals surface area (Å²) in [6.07, 6.45) is 2.64. The molecule has 1 amide bonds. The molecule has 0 atom stereocenters. The molecule has 0 saturated carbocycles. The maximum Gasteiger partial charge on any atom is 0.273 e. The number of sulfonamides is 1. The highest BCUT2D eigenvalue weighted by atomic mass is 35.5. The van der Waals surface area contributed by atoms with Crippen LogP contribution in [0.15, 0.2) is 29.4 Å². The zero-order chi connectivity index (χ0) is 19.8. The number of pyridine rings is 1. The first-order valence-electron chi connectivity index (χ1n) is 7.68. The van der Waals surface area contributed by atoms with Gasteiger partial charge in [-0.05, 0) is 12.1 Å². The van der Waals surface area contributed by atoms with Crippen LogP contribution in [0.4, 0.5) is 5.69 Å². The lowest BCUT2D eigenvalue weighted by molar-refractivity contribution is -0.0858. The summed E-state index contributed by atoms with van der Waals surface area (Å²) in [5.41, 5.74) is -0.757. The number of nitrogens with one attached hydrogen (secondary N) is 2. The molecule has 0 radical (unpaired) electrons. The molecule has 1 aliphatic heterocycles. The maximum absolute atomic E-state index is 12.7. The Bertz CT molecular complexity index is 983.